The van der Waals surface area contributed by atoms with Gasteiger partial charge in [0.25, 0.3) is 0 Å². The summed E-state index contributed by atoms with van der Waals surface area (Å²) in [6, 6.07) is 13.6. The lowest BCUT2D eigenvalue weighted by Crippen LogP contribution is -2.38. The number of amides is 1. The van der Waals surface area contributed by atoms with Gasteiger partial charge < -0.3 is 5.32 Å². The molecule has 2 atom stereocenters. The van der Waals surface area contributed by atoms with Gasteiger partial charge in [0, 0.05) is 19.3 Å². The van der Waals surface area contributed by atoms with Crippen molar-refractivity contribution in [2.45, 2.75) is 82.5 Å². The largest absolute Gasteiger partial charge is 0.433 e. The number of carbonyl (C=O) groups excluding carboxylic acids is 1. The third-order valence-electron chi connectivity index (χ3n) is 8.20. The minimum absolute atomic E-state index is 0.0279. The molecule has 0 saturated heterocycles. The summed E-state index contributed by atoms with van der Waals surface area (Å²) >= 11 is 0. The molecule has 1 aromatic heterocycles. The van der Waals surface area contributed by atoms with Gasteiger partial charge in [0.2, 0.25) is 5.91 Å². The molecule has 40 heavy (non-hydrogen) atoms. The molecule has 0 fully saturated rings. The molecule has 2 aromatic carbocycles. The van der Waals surface area contributed by atoms with Crippen molar-refractivity contribution in [3.05, 3.63) is 100 Å². The van der Waals surface area contributed by atoms with Crippen molar-refractivity contribution < 1.29 is 22.4 Å². The predicted octanol–water partition coefficient (Wildman–Crippen LogP) is 7.34. The number of nitrogens with zero attached hydrogens (tertiary/aromatic N) is 1. The van der Waals surface area contributed by atoms with E-state index in [2.05, 4.69) is 61.5 Å². The van der Waals surface area contributed by atoms with Gasteiger partial charge in [-0.25, -0.2) is 4.39 Å². The summed E-state index contributed by atoms with van der Waals surface area (Å²) in [5.41, 5.74) is 3.92. The first-order chi connectivity index (χ1) is 18.7. The summed E-state index contributed by atoms with van der Waals surface area (Å²) in [5.74, 6) is -0.669. The molecule has 0 bridgehead atoms. The molecule has 3 aromatic rings. The lowest BCUT2D eigenvalue weighted by molar-refractivity contribution is -0.141. The zero-order valence-electron chi connectivity index (χ0n) is 23.6. The van der Waals surface area contributed by atoms with Crippen molar-refractivity contribution in [2.75, 3.05) is 7.05 Å². The number of hydrogen-bond acceptors (Lipinski definition) is 3. The fourth-order valence-corrected chi connectivity index (χ4v) is 5.54. The topological polar surface area (TPSA) is 54.0 Å². The maximum absolute atomic E-state index is 13.7. The summed E-state index contributed by atoms with van der Waals surface area (Å²) < 4.78 is 52.7. The Balaban J connectivity index is 1.71. The van der Waals surface area contributed by atoms with E-state index in [9.17, 15) is 22.4 Å². The maximum atomic E-state index is 13.7. The van der Waals surface area contributed by atoms with Crippen LogP contribution >= 0.6 is 0 Å². The smallest absolute Gasteiger partial charge is 0.358 e. The van der Waals surface area contributed by atoms with Crippen LogP contribution < -0.4 is 10.6 Å². The van der Waals surface area contributed by atoms with Gasteiger partial charge in [0.15, 0.2) is 0 Å². The van der Waals surface area contributed by atoms with Gasteiger partial charge in [0.1, 0.15) is 17.6 Å². The molecule has 8 heteroatoms. The summed E-state index contributed by atoms with van der Waals surface area (Å²) in [6.45, 7) is 8.99. The average molecular weight is 556 g/mol. The van der Waals surface area contributed by atoms with Gasteiger partial charge in [-0.2, -0.15) is 13.2 Å². The normalized spacial score (nSPS) is 17.5. The van der Waals surface area contributed by atoms with E-state index in [1.807, 2.05) is 0 Å². The standard InChI is InChI=1S/C32H37F4N3O/c1-30(2)16-17-31(3,4)25-18-22(10-13-24(25)30)26(14-6-20-7-15-27(38-19-20)32(34,35)36)39-28(29(40)37-5)21-8-11-23(33)12-9-21/h7-13,15,18-19,26,28,39H,6,14,16-17H2,1-5H3,(H,37,40)/t26-,28+/m1/s1. The first kappa shape index (κ1) is 29.7. The molecule has 4 nitrogen and oxygen atoms in total. The van der Waals surface area contributed by atoms with Crippen LogP contribution in [0, 0.1) is 5.82 Å². The quantitative estimate of drug-likeness (QED) is 0.286. The second-order valence-corrected chi connectivity index (χ2v) is 12.0. The van der Waals surface area contributed by atoms with Crippen LogP contribution in [-0.2, 0) is 28.2 Å². The second-order valence-electron chi connectivity index (χ2n) is 12.0. The highest BCUT2D eigenvalue weighted by Gasteiger charge is 2.37. The highest BCUT2D eigenvalue weighted by molar-refractivity contribution is 5.83. The van der Waals surface area contributed by atoms with Crippen molar-refractivity contribution in [1.82, 2.24) is 15.6 Å². The number of benzene rings is 2. The molecule has 1 aliphatic carbocycles. The molecule has 0 saturated carbocycles. The number of halogens is 4. The van der Waals surface area contributed by atoms with E-state index in [1.54, 1.807) is 19.2 Å². The zero-order valence-corrected chi connectivity index (χ0v) is 23.6. The fourth-order valence-electron chi connectivity index (χ4n) is 5.54. The Morgan fingerprint density at radius 3 is 2.12 bits per heavy atom. The number of fused-ring (bicyclic) bond motifs is 1. The Morgan fingerprint density at radius 1 is 0.925 bits per heavy atom. The van der Waals surface area contributed by atoms with Crippen molar-refractivity contribution in [1.29, 1.82) is 0 Å². The molecule has 0 unspecified atom stereocenters. The number of aryl methyl sites for hydroxylation is 1. The van der Waals surface area contributed by atoms with E-state index in [4.69, 9.17) is 0 Å². The summed E-state index contributed by atoms with van der Waals surface area (Å²) in [6.07, 6.45) is -0.166. The summed E-state index contributed by atoms with van der Waals surface area (Å²) in [5, 5.41) is 6.17. The number of aromatic nitrogens is 1. The number of hydrogen-bond donors (Lipinski definition) is 2. The van der Waals surface area contributed by atoms with Gasteiger partial charge in [-0.3, -0.25) is 15.1 Å². The van der Waals surface area contributed by atoms with E-state index in [-0.39, 0.29) is 22.8 Å². The van der Waals surface area contributed by atoms with E-state index < -0.39 is 23.7 Å². The second kappa shape index (κ2) is 11.3. The van der Waals surface area contributed by atoms with E-state index >= 15 is 0 Å². The highest BCUT2D eigenvalue weighted by Crippen LogP contribution is 2.46. The van der Waals surface area contributed by atoms with E-state index in [0.717, 1.165) is 24.5 Å². The number of nitrogens with one attached hydrogen (secondary N) is 2. The monoisotopic (exact) mass is 555 g/mol. The molecule has 1 heterocycles. The Bertz CT molecular complexity index is 1330. The molecule has 1 amide bonds. The Hall–Kier alpha value is -3.26. The van der Waals surface area contributed by atoms with Gasteiger partial charge in [-0.1, -0.05) is 64.1 Å². The number of alkyl halides is 3. The van der Waals surface area contributed by atoms with Crippen LogP contribution in [0.4, 0.5) is 17.6 Å². The highest BCUT2D eigenvalue weighted by atomic mass is 19.4. The maximum Gasteiger partial charge on any atom is 0.433 e. The first-order valence-corrected chi connectivity index (χ1v) is 13.6. The minimum Gasteiger partial charge on any atom is -0.358 e. The van der Waals surface area contributed by atoms with Crippen LogP contribution in [0.3, 0.4) is 0 Å². The predicted molar refractivity (Wildman–Crippen MR) is 148 cm³/mol. The van der Waals surface area contributed by atoms with Crippen molar-refractivity contribution in [3.8, 4) is 0 Å². The number of pyridine rings is 1. The SMILES string of the molecule is CNC(=O)[C@@H](N[C@H](CCc1ccc(C(F)(F)F)nc1)c1ccc2c(c1)C(C)(C)CCC2(C)C)c1ccc(F)cc1. The third kappa shape index (κ3) is 6.54. The molecule has 1 aliphatic rings. The molecular formula is C32H37F4N3O. The fraction of sp³-hybridized carbons (Fsp3) is 0.438. The number of rotatable bonds is 8. The lowest BCUT2D eigenvalue weighted by Gasteiger charge is -2.42. The summed E-state index contributed by atoms with van der Waals surface area (Å²) in [7, 11) is 1.55. The Morgan fingerprint density at radius 2 is 1.55 bits per heavy atom. The van der Waals surface area contributed by atoms with Crippen LogP contribution in [0.25, 0.3) is 0 Å². The van der Waals surface area contributed by atoms with Crippen LogP contribution in [-0.4, -0.2) is 17.9 Å². The van der Waals surface area contributed by atoms with Gasteiger partial charge >= 0.3 is 6.18 Å². The van der Waals surface area contributed by atoms with E-state index in [1.165, 1.54) is 35.5 Å². The molecule has 214 valence electrons. The molecule has 2 N–H and O–H groups in total. The molecule has 0 radical (unpaired) electrons. The summed E-state index contributed by atoms with van der Waals surface area (Å²) in [4.78, 5) is 16.6. The zero-order chi connectivity index (χ0) is 29.3. The number of likely N-dealkylation sites (N-methyl/N-ethyl adjacent to an activating group) is 1. The molecule has 4 rings (SSSR count). The molecular weight excluding hydrogens is 518 g/mol. The van der Waals surface area contributed by atoms with Crippen molar-refractivity contribution in [3.63, 3.8) is 0 Å². The van der Waals surface area contributed by atoms with Crippen molar-refractivity contribution >= 4 is 5.91 Å². The third-order valence-corrected chi connectivity index (χ3v) is 8.20. The van der Waals surface area contributed by atoms with Gasteiger partial charge in [0.05, 0.1) is 0 Å². The molecule has 0 aliphatic heterocycles. The Kier molecular flexibility index (Phi) is 8.41. The van der Waals surface area contributed by atoms with Crippen LogP contribution in [0.1, 0.15) is 92.6 Å². The van der Waals surface area contributed by atoms with Gasteiger partial charge in [-0.05, 0) is 82.5 Å². The van der Waals surface area contributed by atoms with E-state index in [0.29, 0.717) is 24.0 Å². The average Bonchev–Trinajstić information content (AvgIpc) is 2.91. The van der Waals surface area contributed by atoms with Crippen LogP contribution in [0.15, 0.2) is 60.8 Å². The lowest BCUT2D eigenvalue weighted by atomic mass is 9.63. The minimum atomic E-state index is -4.50. The van der Waals surface area contributed by atoms with Crippen LogP contribution in [0.2, 0.25) is 0 Å². The Labute approximate surface area is 233 Å². The van der Waals surface area contributed by atoms with Gasteiger partial charge in [-0.15, -0.1) is 0 Å². The van der Waals surface area contributed by atoms with Crippen molar-refractivity contribution in [2.24, 2.45) is 0 Å². The van der Waals surface area contributed by atoms with Crippen LogP contribution in [0.5, 0.6) is 0 Å². The number of carbonyl (C=O) groups is 1. The first-order valence-electron chi connectivity index (χ1n) is 13.6. The molecule has 0 spiro atoms.